The molecule has 3 N–H and O–H groups in total. The van der Waals surface area contributed by atoms with Gasteiger partial charge in [0.2, 0.25) is 10.0 Å². The second-order valence-corrected chi connectivity index (χ2v) is 11.9. The molecule has 0 saturated carbocycles. The van der Waals surface area contributed by atoms with E-state index in [0.717, 1.165) is 92.5 Å². The SMILES string of the molecule is CCCCCc1ccc(S(N)(=O)=O)c(-c2cccc(-c3csc(NCCN4CCN(C)CC4)n3)c2)c1. The summed E-state index contributed by atoms with van der Waals surface area (Å²) >= 11 is 1.59. The van der Waals surface area contributed by atoms with Crippen LogP contribution in [0.2, 0.25) is 0 Å². The first-order chi connectivity index (χ1) is 17.3. The summed E-state index contributed by atoms with van der Waals surface area (Å²) in [6.07, 6.45) is 4.29. The molecule has 9 heteroatoms. The summed E-state index contributed by atoms with van der Waals surface area (Å²) in [4.78, 5) is 9.78. The maximum atomic E-state index is 12.3. The van der Waals surface area contributed by atoms with Crippen molar-refractivity contribution in [2.45, 2.75) is 37.5 Å². The van der Waals surface area contributed by atoms with Gasteiger partial charge in [-0.15, -0.1) is 11.3 Å². The maximum absolute atomic E-state index is 12.3. The Balaban J connectivity index is 1.49. The smallest absolute Gasteiger partial charge is 0.238 e. The Labute approximate surface area is 219 Å². The van der Waals surface area contributed by atoms with Gasteiger partial charge in [0.15, 0.2) is 5.13 Å². The number of hydrogen-bond donors (Lipinski definition) is 2. The monoisotopic (exact) mass is 527 g/mol. The van der Waals surface area contributed by atoms with Crippen LogP contribution in [0.15, 0.2) is 52.7 Å². The van der Waals surface area contributed by atoms with Crippen LogP contribution >= 0.6 is 11.3 Å². The summed E-state index contributed by atoms with van der Waals surface area (Å²) in [6.45, 7) is 8.48. The molecule has 1 fully saturated rings. The Morgan fingerprint density at radius 3 is 2.58 bits per heavy atom. The number of aromatic nitrogens is 1. The fourth-order valence-electron chi connectivity index (χ4n) is 4.51. The molecule has 4 rings (SSSR count). The summed E-state index contributed by atoms with van der Waals surface area (Å²) in [5, 5.41) is 12.0. The molecule has 0 unspecified atom stereocenters. The second kappa shape index (κ2) is 12.3. The standard InChI is InChI=1S/C27H37N5O2S2/c1-3-4-5-7-21-10-11-26(36(28,33)34)24(18-21)22-8-6-9-23(19-22)25-20-35-27(30-25)29-12-13-32-16-14-31(2)15-17-32/h6,8-11,18-20H,3-5,7,12-17H2,1-2H3,(H,29,30)(H2,28,33,34). The molecule has 1 saturated heterocycles. The summed E-state index contributed by atoms with van der Waals surface area (Å²) in [5.74, 6) is 0. The third kappa shape index (κ3) is 7.14. The Morgan fingerprint density at radius 2 is 1.83 bits per heavy atom. The number of nitrogens with two attached hydrogens (primary N) is 1. The van der Waals surface area contributed by atoms with Crippen LogP contribution < -0.4 is 10.5 Å². The molecule has 0 bridgehead atoms. The van der Waals surface area contributed by atoms with Gasteiger partial charge in [-0.05, 0) is 49.2 Å². The Morgan fingerprint density at radius 1 is 1.06 bits per heavy atom. The zero-order valence-corrected chi connectivity index (χ0v) is 22.9. The highest BCUT2D eigenvalue weighted by Crippen LogP contribution is 2.32. The molecule has 36 heavy (non-hydrogen) atoms. The van der Waals surface area contributed by atoms with Crippen molar-refractivity contribution in [3.05, 3.63) is 53.4 Å². The molecule has 0 atom stereocenters. The molecule has 2 heterocycles. The van der Waals surface area contributed by atoms with Crippen molar-refractivity contribution in [2.24, 2.45) is 5.14 Å². The predicted molar refractivity (Wildman–Crippen MR) is 150 cm³/mol. The number of nitrogens with one attached hydrogen (secondary N) is 1. The minimum atomic E-state index is -3.85. The Kier molecular flexibility index (Phi) is 9.14. The number of hydrogen-bond acceptors (Lipinski definition) is 7. The van der Waals surface area contributed by atoms with E-state index in [1.165, 1.54) is 0 Å². The van der Waals surface area contributed by atoms with E-state index in [-0.39, 0.29) is 4.90 Å². The highest BCUT2D eigenvalue weighted by atomic mass is 32.2. The third-order valence-corrected chi connectivity index (χ3v) is 8.46. The van der Waals surface area contributed by atoms with Gasteiger partial charge >= 0.3 is 0 Å². The van der Waals surface area contributed by atoms with Crippen LogP contribution in [0.1, 0.15) is 31.7 Å². The normalized spacial score (nSPS) is 15.3. The van der Waals surface area contributed by atoms with E-state index in [4.69, 9.17) is 10.1 Å². The molecule has 1 aromatic heterocycles. The number of anilines is 1. The van der Waals surface area contributed by atoms with Crippen molar-refractivity contribution in [1.29, 1.82) is 0 Å². The third-order valence-electron chi connectivity index (χ3n) is 6.69. The number of rotatable bonds is 11. The number of benzene rings is 2. The van der Waals surface area contributed by atoms with E-state index in [1.54, 1.807) is 17.4 Å². The van der Waals surface area contributed by atoms with E-state index in [1.807, 2.05) is 41.8 Å². The zero-order valence-electron chi connectivity index (χ0n) is 21.2. The van der Waals surface area contributed by atoms with Gasteiger partial charge in [-0.1, -0.05) is 44.0 Å². The quantitative estimate of drug-likeness (QED) is 0.357. The fourth-order valence-corrected chi connectivity index (χ4v) is 6.00. The molecule has 1 aliphatic heterocycles. The lowest BCUT2D eigenvalue weighted by Crippen LogP contribution is -2.45. The minimum absolute atomic E-state index is 0.156. The molecule has 194 valence electrons. The van der Waals surface area contributed by atoms with E-state index in [9.17, 15) is 8.42 Å². The van der Waals surface area contributed by atoms with Gasteiger partial charge in [0.25, 0.3) is 0 Å². The fraction of sp³-hybridized carbons (Fsp3) is 0.444. The van der Waals surface area contributed by atoms with Gasteiger partial charge in [0.1, 0.15) is 0 Å². The lowest BCUT2D eigenvalue weighted by molar-refractivity contribution is 0.158. The number of aryl methyl sites for hydroxylation is 1. The van der Waals surface area contributed by atoms with Gasteiger partial charge in [-0.25, -0.2) is 18.5 Å². The van der Waals surface area contributed by atoms with Crippen LogP contribution in [0.5, 0.6) is 0 Å². The lowest BCUT2D eigenvalue weighted by atomic mass is 9.98. The summed E-state index contributed by atoms with van der Waals surface area (Å²) in [5.41, 5.74) is 4.42. The number of unbranched alkanes of at least 4 members (excludes halogenated alkanes) is 2. The van der Waals surface area contributed by atoms with Crippen molar-refractivity contribution in [3.8, 4) is 22.4 Å². The highest BCUT2D eigenvalue weighted by Gasteiger charge is 2.17. The Bertz CT molecular complexity index is 1250. The van der Waals surface area contributed by atoms with Gasteiger partial charge < -0.3 is 10.2 Å². The molecule has 0 radical (unpaired) electrons. The lowest BCUT2D eigenvalue weighted by Gasteiger charge is -2.32. The largest absolute Gasteiger partial charge is 0.360 e. The molecule has 3 aromatic rings. The van der Waals surface area contributed by atoms with Crippen LogP contribution in [0.3, 0.4) is 0 Å². The molecular weight excluding hydrogens is 490 g/mol. The number of likely N-dealkylation sites (N-methyl/N-ethyl adjacent to an activating group) is 1. The first kappa shape index (κ1) is 26.8. The van der Waals surface area contributed by atoms with Gasteiger partial charge in [0, 0.05) is 55.8 Å². The summed E-state index contributed by atoms with van der Waals surface area (Å²) in [6, 6.07) is 13.4. The van der Waals surface area contributed by atoms with E-state index >= 15 is 0 Å². The summed E-state index contributed by atoms with van der Waals surface area (Å²) < 4.78 is 24.7. The number of nitrogens with zero attached hydrogens (tertiary/aromatic N) is 3. The van der Waals surface area contributed by atoms with Gasteiger partial charge in [-0.3, -0.25) is 4.90 Å². The van der Waals surface area contributed by atoms with Gasteiger partial charge in [-0.2, -0.15) is 0 Å². The van der Waals surface area contributed by atoms with Crippen LogP contribution in [0.4, 0.5) is 5.13 Å². The molecule has 0 aliphatic carbocycles. The zero-order chi connectivity index (χ0) is 25.5. The Hall–Kier alpha value is -2.30. The first-order valence-corrected chi connectivity index (χ1v) is 15.1. The maximum Gasteiger partial charge on any atom is 0.238 e. The topological polar surface area (TPSA) is 91.6 Å². The van der Waals surface area contributed by atoms with Crippen LogP contribution in [-0.4, -0.2) is 69.5 Å². The minimum Gasteiger partial charge on any atom is -0.360 e. The molecule has 1 aliphatic rings. The highest BCUT2D eigenvalue weighted by molar-refractivity contribution is 7.89. The summed E-state index contributed by atoms with van der Waals surface area (Å²) in [7, 11) is -1.68. The van der Waals surface area contributed by atoms with Crippen LogP contribution in [0.25, 0.3) is 22.4 Å². The molecule has 7 nitrogen and oxygen atoms in total. The predicted octanol–water partition coefficient (Wildman–Crippen LogP) is 4.52. The van der Waals surface area contributed by atoms with Crippen molar-refractivity contribution in [2.75, 3.05) is 51.6 Å². The van der Waals surface area contributed by atoms with E-state index in [0.29, 0.717) is 5.56 Å². The van der Waals surface area contributed by atoms with E-state index in [2.05, 4.69) is 29.1 Å². The van der Waals surface area contributed by atoms with Crippen molar-refractivity contribution in [1.82, 2.24) is 14.8 Å². The van der Waals surface area contributed by atoms with Crippen LogP contribution in [0, 0.1) is 0 Å². The second-order valence-electron chi connectivity index (χ2n) is 9.52. The molecule has 2 aromatic carbocycles. The number of primary sulfonamides is 1. The molecular formula is C27H37N5O2S2. The number of thiazole rings is 1. The van der Waals surface area contributed by atoms with Crippen molar-refractivity contribution >= 4 is 26.5 Å². The van der Waals surface area contributed by atoms with Gasteiger partial charge in [0.05, 0.1) is 10.6 Å². The van der Waals surface area contributed by atoms with Crippen molar-refractivity contribution < 1.29 is 8.42 Å². The number of sulfonamides is 1. The number of piperazine rings is 1. The average Bonchev–Trinajstić information content (AvgIpc) is 3.34. The molecule has 0 amide bonds. The van der Waals surface area contributed by atoms with Crippen molar-refractivity contribution in [3.63, 3.8) is 0 Å². The first-order valence-electron chi connectivity index (χ1n) is 12.7. The molecule has 0 spiro atoms. The van der Waals surface area contributed by atoms with Crippen LogP contribution in [-0.2, 0) is 16.4 Å². The van der Waals surface area contributed by atoms with E-state index < -0.39 is 10.0 Å². The average molecular weight is 528 g/mol.